The number of ether oxygens (including phenoxy) is 1. The molecule has 0 saturated carbocycles. The minimum atomic E-state index is -0.483. The number of aliphatic hydroxyl groups is 1. The van der Waals surface area contributed by atoms with Gasteiger partial charge in [-0.05, 0) is 31.0 Å². The number of aromatic nitrogens is 2. The van der Waals surface area contributed by atoms with Crippen LogP contribution < -0.4 is 4.74 Å². The topological polar surface area (TPSA) is 47.3 Å². The first-order valence-electron chi connectivity index (χ1n) is 6.50. The standard InChI is InChI=1S/C15H19ClN2O2/c1-10-14(15(16)18(2)17-10)9-12(19)8-11-4-6-13(20-3)7-5-11/h4-7,12,19H,8-9H2,1-3H3. The summed E-state index contributed by atoms with van der Waals surface area (Å²) in [5.74, 6) is 0.814. The van der Waals surface area contributed by atoms with Gasteiger partial charge in [-0.15, -0.1) is 0 Å². The van der Waals surface area contributed by atoms with Crippen molar-refractivity contribution in [2.75, 3.05) is 7.11 Å². The van der Waals surface area contributed by atoms with E-state index >= 15 is 0 Å². The molecule has 0 fully saturated rings. The molecule has 1 N–H and O–H groups in total. The number of hydrogen-bond acceptors (Lipinski definition) is 3. The molecule has 1 aromatic carbocycles. The maximum Gasteiger partial charge on any atom is 0.130 e. The number of rotatable bonds is 5. The summed E-state index contributed by atoms with van der Waals surface area (Å²) in [7, 11) is 3.44. The largest absolute Gasteiger partial charge is 0.497 e. The molecule has 2 aromatic rings. The van der Waals surface area contributed by atoms with Gasteiger partial charge < -0.3 is 9.84 Å². The van der Waals surface area contributed by atoms with Crippen LogP contribution in [0.5, 0.6) is 5.75 Å². The van der Waals surface area contributed by atoms with E-state index in [9.17, 15) is 5.11 Å². The normalized spacial score (nSPS) is 12.4. The number of methoxy groups -OCH3 is 1. The van der Waals surface area contributed by atoms with E-state index in [1.54, 1.807) is 18.8 Å². The highest BCUT2D eigenvalue weighted by Crippen LogP contribution is 2.21. The monoisotopic (exact) mass is 294 g/mol. The van der Waals surface area contributed by atoms with Crippen molar-refractivity contribution in [1.82, 2.24) is 9.78 Å². The Labute approximate surface area is 123 Å². The molecular weight excluding hydrogens is 276 g/mol. The molecule has 4 nitrogen and oxygen atoms in total. The number of benzene rings is 1. The lowest BCUT2D eigenvalue weighted by atomic mass is 10.0. The van der Waals surface area contributed by atoms with Gasteiger partial charge in [0.15, 0.2) is 0 Å². The molecule has 1 atom stereocenters. The molecule has 0 bridgehead atoms. The number of aliphatic hydroxyl groups excluding tert-OH is 1. The highest BCUT2D eigenvalue weighted by Gasteiger charge is 2.15. The van der Waals surface area contributed by atoms with Crippen molar-refractivity contribution in [3.8, 4) is 5.75 Å². The van der Waals surface area contributed by atoms with Crippen molar-refractivity contribution in [2.45, 2.75) is 25.9 Å². The second-order valence-electron chi connectivity index (χ2n) is 4.89. The minimum absolute atomic E-state index is 0.483. The first-order chi connectivity index (χ1) is 9.51. The van der Waals surface area contributed by atoms with Gasteiger partial charge in [0.25, 0.3) is 0 Å². The molecule has 0 aliphatic carbocycles. The average Bonchev–Trinajstić information content (AvgIpc) is 2.66. The maximum absolute atomic E-state index is 10.2. The Balaban J connectivity index is 2.02. The molecule has 2 rings (SSSR count). The van der Waals surface area contributed by atoms with E-state index < -0.39 is 6.10 Å². The summed E-state index contributed by atoms with van der Waals surface area (Å²) < 4.78 is 6.74. The Kier molecular flexibility index (Phi) is 4.68. The van der Waals surface area contributed by atoms with Crippen molar-refractivity contribution in [1.29, 1.82) is 0 Å². The summed E-state index contributed by atoms with van der Waals surface area (Å²) in [6.45, 7) is 1.90. The first kappa shape index (κ1) is 14.9. The van der Waals surface area contributed by atoms with Gasteiger partial charge in [0, 0.05) is 19.0 Å². The van der Waals surface area contributed by atoms with Gasteiger partial charge in [-0.3, -0.25) is 4.68 Å². The SMILES string of the molecule is COc1ccc(CC(O)Cc2c(C)nn(C)c2Cl)cc1. The zero-order valence-corrected chi connectivity index (χ0v) is 12.7. The third kappa shape index (κ3) is 3.32. The van der Waals surface area contributed by atoms with Crippen LogP contribution >= 0.6 is 11.6 Å². The van der Waals surface area contributed by atoms with Crippen LogP contribution in [0.3, 0.4) is 0 Å². The van der Waals surface area contributed by atoms with E-state index in [2.05, 4.69) is 5.10 Å². The summed E-state index contributed by atoms with van der Waals surface area (Å²) in [5.41, 5.74) is 2.84. The molecule has 0 spiro atoms. The van der Waals surface area contributed by atoms with Crippen molar-refractivity contribution in [2.24, 2.45) is 7.05 Å². The summed E-state index contributed by atoms with van der Waals surface area (Å²) in [6.07, 6.45) is 0.600. The Morgan fingerprint density at radius 3 is 2.45 bits per heavy atom. The Hall–Kier alpha value is -1.52. The van der Waals surface area contributed by atoms with E-state index in [4.69, 9.17) is 16.3 Å². The summed E-state index contributed by atoms with van der Waals surface area (Å²) in [4.78, 5) is 0. The third-order valence-corrected chi connectivity index (χ3v) is 3.81. The lowest BCUT2D eigenvalue weighted by Crippen LogP contribution is -2.14. The van der Waals surface area contributed by atoms with Gasteiger partial charge in [0.05, 0.1) is 18.9 Å². The van der Waals surface area contributed by atoms with E-state index in [1.165, 1.54) is 0 Å². The summed E-state index contributed by atoms with van der Waals surface area (Å²) in [6, 6.07) is 7.70. The average molecular weight is 295 g/mol. The summed E-state index contributed by atoms with van der Waals surface area (Å²) >= 11 is 6.17. The van der Waals surface area contributed by atoms with E-state index in [0.29, 0.717) is 18.0 Å². The minimum Gasteiger partial charge on any atom is -0.497 e. The summed E-state index contributed by atoms with van der Waals surface area (Å²) in [5, 5.41) is 15.1. The molecule has 5 heteroatoms. The lowest BCUT2D eigenvalue weighted by molar-refractivity contribution is 0.175. The van der Waals surface area contributed by atoms with Crippen LogP contribution in [0.1, 0.15) is 16.8 Å². The van der Waals surface area contributed by atoms with Crippen LogP contribution in [-0.2, 0) is 19.9 Å². The Bertz CT molecular complexity index is 578. The van der Waals surface area contributed by atoms with Crippen LogP contribution in [-0.4, -0.2) is 28.1 Å². The van der Waals surface area contributed by atoms with Crippen LogP contribution in [0.25, 0.3) is 0 Å². The fraction of sp³-hybridized carbons (Fsp3) is 0.400. The van der Waals surface area contributed by atoms with E-state index in [-0.39, 0.29) is 0 Å². The van der Waals surface area contributed by atoms with Gasteiger partial charge in [-0.2, -0.15) is 5.10 Å². The van der Waals surface area contributed by atoms with Gasteiger partial charge in [-0.25, -0.2) is 0 Å². The van der Waals surface area contributed by atoms with E-state index in [0.717, 1.165) is 22.6 Å². The highest BCUT2D eigenvalue weighted by molar-refractivity contribution is 6.30. The molecule has 0 amide bonds. The number of aryl methyl sites for hydroxylation is 2. The molecule has 108 valence electrons. The van der Waals surface area contributed by atoms with Crippen molar-refractivity contribution in [3.05, 3.63) is 46.2 Å². The lowest BCUT2D eigenvalue weighted by Gasteiger charge is -2.11. The second-order valence-corrected chi connectivity index (χ2v) is 5.25. The second kappa shape index (κ2) is 6.29. The fourth-order valence-electron chi connectivity index (χ4n) is 2.25. The van der Waals surface area contributed by atoms with E-state index in [1.807, 2.05) is 31.2 Å². The maximum atomic E-state index is 10.2. The predicted molar refractivity (Wildman–Crippen MR) is 79.4 cm³/mol. The molecule has 0 aliphatic heterocycles. The Morgan fingerprint density at radius 1 is 1.30 bits per heavy atom. The van der Waals surface area contributed by atoms with Gasteiger partial charge >= 0.3 is 0 Å². The molecular formula is C15H19ClN2O2. The zero-order chi connectivity index (χ0) is 14.7. The van der Waals surface area contributed by atoms with Crippen molar-refractivity contribution < 1.29 is 9.84 Å². The third-order valence-electron chi connectivity index (χ3n) is 3.34. The molecule has 1 unspecified atom stereocenters. The first-order valence-corrected chi connectivity index (χ1v) is 6.88. The van der Waals surface area contributed by atoms with Gasteiger partial charge in [0.1, 0.15) is 10.9 Å². The van der Waals surface area contributed by atoms with Crippen molar-refractivity contribution in [3.63, 3.8) is 0 Å². The number of nitrogens with zero attached hydrogens (tertiary/aromatic N) is 2. The van der Waals surface area contributed by atoms with Gasteiger partial charge in [-0.1, -0.05) is 23.7 Å². The number of halogens is 1. The molecule has 0 radical (unpaired) electrons. The van der Waals surface area contributed by atoms with Gasteiger partial charge in [0.2, 0.25) is 0 Å². The Morgan fingerprint density at radius 2 is 1.95 bits per heavy atom. The molecule has 0 aliphatic rings. The smallest absolute Gasteiger partial charge is 0.130 e. The molecule has 1 heterocycles. The zero-order valence-electron chi connectivity index (χ0n) is 11.9. The van der Waals surface area contributed by atoms with Crippen molar-refractivity contribution >= 4 is 11.6 Å². The highest BCUT2D eigenvalue weighted by atomic mass is 35.5. The fourth-order valence-corrected chi connectivity index (χ4v) is 2.50. The molecule has 0 saturated heterocycles. The van der Waals surface area contributed by atoms with Crippen LogP contribution in [0.2, 0.25) is 5.15 Å². The van der Waals surface area contributed by atoms with Crippen LogP contribution in [0, 0.1) is 6.92 Å². The molecule has 1 aromatic heterocycles. The molecule has 20 heavy (non-hydrogen) atoms. The quantitative estimate of drug-likeness (QED) is 0.922. The predicted octanol–water partition coefficient (Wildman–Crippen LogP) is 2.54. The van der Waals surface area contributed by atoms with Crippen LogP contribution in [0.15, 0.2) is 24.3 Å². The number of hydrogen-bond donors (Lipinski definition) is 1. The van der Waals surface area contributed by atoms with Crippen LogP contribution in [0.4, 0.5) is 0 Å².